The summed E-state index contributed by atoms with van der Waals surface area (Å²) >= 11 is 0. The van der Waals surface area contributed by atoms with E-state index in [1.807, 2.05) is 13.8 Å². The average Bonchev–Trinajstić information content (AvgIpc) is 2.70. The van der Waals surface area contributed by atoms with Gasteiger partial charge < -0.3 is 9.84 Å². The second kappa shape index (κ2) is 11.1. The third-order valence-corrected chi connectivity index (χ3v) is 5.84. The van der Waals surface area contributed by atoms with Gasteiger partial charge in [-0.05, 0) is 82.6 Å². The molecule has 1 N–H and O–H groups in total. The number of ether oxygens (including phenoxy) is 1. The Labute approximate surface area is 183 Å². The van der Waals surface area contributed by atoms with Crippen molar-refractivity contribution < 1.29 is 9.84 Å². The molecule has 0 fully saturated rings. The number of benzene rings is 1. The van der Waals surface area contributed by atoms with Gasteiger partial charge in [-0.3, -0.25) is 4.98 Å². The van der Waals surface area contributed by atoms with Crippen molar-refractivity contribution >= 4 is 0 Å². The highest BCUT2D eigenvalue weighted by Gasteiger charge is 2.23. The fourth-order valence-electron chi connectivity index (χ4n) is 4.31. The number of pyridine rings is 1. The molecule has 1 atom stereocenters. The first-order chi connectivity index (χ1) is 14.3. The maximum Gasteiger partial charge on any atom is 0.0844 e. The Morgan fingerprint density at radius 2 is 1.67 bits per heavy atom. The third-order valence-electron chi connectivity index (χ3n) is 5.84. The molecule has 0 aliphatic heterocycles. The number of rotatable bonds is 11. The van der Waals surface area contributed by atoms with Gasteiger partial charge in [0.15, 0.2) is 0 Å². The van der Waals surface area contributed by atoms with Gasteiger partial charge in [-0.25, -0.2) is 0 Å². The SMILES string of the molecule is CCCC(OCC)c1c(CCC(C)(C)O)cc(-c2c(CC)cccc2CC)nc1C. The minimum atomic E-state index is -0.698. The van der Waals surface area contributed by atoms with Crippen molar-refractivity contribution in [2.24, 2.45) is 0 Å². The monoisotopic (exact) mass is 411 g/mol. The van der Waals surface area contributed by atoms with E-state index in [4.69, 9.17) is 9.72 Å². The highest BCUT2D eigenvalue weighted by Crippen LogP contribution is 2.35. The molecule has 0 bridgehead atoms. The van der Waals surface area contributed by atoms with Crippen molar-refractivity contribution in [2.45, 2.75) is 98.7 Å². The van der Waals surface area contributed by atoms with Crippen molar-refractivity contribution in [3.8, 4) is 11.3 Å². The molecule has 2 rings (SSSR count). The molecule has 1 unspecified atom stereocenters. The van der Waals surface area contributed by atoms with Gasteiger partial charge in [0.2, 0.25) is 0 Å². The lowest BCUT2D eigenvalue weighted by atomic mass is 9.88. The highest BCUT2D eigenvalue weighted by molar-refractivity contribution is 5.69. The summed E-state index contributed by atoms with van der Waals surface area (Å²) in [6, 6.07) is 8.86. The summed E-state index contributed by atoms with van der Waals surface area (Å²) in [6.45, 7) is 15.3. The van der Waals surface area contributed by atoms with Crippen LogP contribution in [0.2, 0.25) is 0 Å². The van der Waals surface area contributed by atoms with Crippen LogP contribution in [0.4, 0.5) is 0 Å². The largest absolute Gasteiger partial charge is 0.390 e. The van der Waals surface area contributed by atoms with Crippen molar-refractivity contribution in [1.82, 2.24) is 4.98 Å². The van der Waals surface area contributed by atoms with Gasteiger partial charge in [0.1, 0.15) is 0 Å². The molecule has 0 radical (unpaired) electrons. The van der Waals surface area contributed by atoms with Crippen molar-refractivity contribution in [3.63, 3.8) is 0 Å². The molecule has 166 valence electrons. The van der Waals surface area contributed by atoms with E-state index in [9.17, 15) is 5.11 Å². The molecule has 0 saturated heterocycles. The van der Waals surface area contributed by atoms with Gasteiger partial charge in [0.05, 0.1) is 17.4 Å². The number of aliphatic hydroxyl groups is 1. The van der Waals surface area contributed by atoms with Gasteiger partial charge in [-0.15, -0.1) is 0 Å². The van der Waals surface area contributed by atoms with E-state index in [0.29, 0.717) is 13.0 Å². The highest BCUT2D eigenvalue weighted by atomic mass is 16.5. The molecule has 1 aromatic carbocycles. The molecule has 30 heavy (non-hydrogen) atoms. The predicted molar refractivity (Wildman–Crippen MR) is 127 cm³/mol. The van der Waals surface area contributed by atoms with Crippen molar-refractivity contribution in [1.29, 1.82) is 0 Å². The summed E-state index contributed by atoms with van der Waals surface area (Å²) in [7, 11) is 0. The fourth-order valence-corrected chi connectivity index (χ4v) is 4.31. The van der Waals surface area contributed by atoms with Crippen LogP contribution in [0.25, 0.3) is 11.3 Å². The number of hydrogen-bond donors (Lipinski definition) is 1. The van der Waals surface area contributed by atoms with E-state index >= 15 is 0 Å². The summed E-state index contributed by atoms with van der Waals surface area (Å²) in [6.07, 6.45) is 5.61. The molecule has 0 saturated carbocycles. The summed E-state index contributed by atoms with van der Waals surface area (Å²) in [5.74, 6) is 0. The van der Waals surface area contributed by atoms with Crippen LogP contribution in [0.1, 0.15) is 94.9 Å². The summed E-state index contributed by atoms with van der Waals surface area (Å²) < 4.78 is 6.15. The van der Waals surface area contributed by atoms with Gasteiger partial charge >= 0.3 is 0 Å². The Morgan fingerprint density at radius 1 is 1.03 bits per heavy atom. The van der Waals surface area contributed by atoms with Crippen LogP contribution >= 0.6 is 0 Å². The molecule has 2 aromatic rings. The minimum Gasteiger partial charge on any atom is -0.390 e. The van der Waals surface area contributed by atoms with Gasteiger partial charge in [-0.1, -0.05) is 45.4 Å². The maximum atomic E-state index is 10.4. The second-order valence-electron chi connectivity index (χ2n) is 8.87. The molecule has 3 heteroatoms. The Morgan fingerprint density at radius 3 is 2.17 bits per heavy atom. The lowest BCUT2D eigenvalue weighted by Gasteiger charge is -2.25. The summed E-state index contributed by atoms with van der Waals surface area (Å²) in [5, 5.41) is 10.4. The lowest BCUT2D eigenvalue weighted by molar-refractivity contribution is 0.0529. The number of nitrogens with zero attached hydrogens (tertiary/aromatic N) is 1. The van der Waals surface area contributed by atoms with E-state index in [0.717, 1.165) is 43.5 Å². The van der Waals surface area contributed by atoms with E-state index < -0.39 is 5.60 Å². The third kappa shape index (κ3) is 6.15. The van der Waals surface area contributed by atoms with Crippen LogP contribution in [0.3, 0.4) is 0 Å². The van der Waals surface area contributed by atoms with Crippen molar-refractivity contribution in [2.75, 3.05) is 6.61 Å². The Balaban J connectivity index is 2.68. The summed E-state index contributed by atoms with van der Waals surface area (Å²) in [4.78, 5) is 5.11. The van der Waals surface area contributed by atoms with Gasteiger partial charge in [0.25, 0.3) is 0 Å². The van der Waals surface area contributed by atoms with Crippen LogP contribution < -0.4 is 0 Å². The van der Waals surface area contributed by atoms with Gasteiger partial charge in [-0.2, -0.15) is 0 Å². The number of hydrogen-bond acceptors (Lipinski definition) is 3. The quantitative estimate of drug-likeness (QED) is 0.444. The molecule has 1 heterocycles. The van der Waals surface area contributed by atoms with E-state index in [-0.39, 0.29) is 6.10 Å². The first-order valence-corrected chi connectivity index (χ1v) is 11.7. The molecular weight excluding hydrogens is 370 g/mol. The molecule has 0 spiro atoms. The zero-order valence-corrected chi connectivity index (χ0v) is 20.1. The van der Waals surface area contributed by atoms with E-state index in [2.05, 4.69) is 58.9 Å². The Hall–Kier alpha value is -1.71. The van der Waals surface area contributed by atoms with Crippen LogP contribution in [0.15, 0.2) is 24.3 Å². The zero-order valence-electron chi connectivity index (χ0n) is 20.1. The second-order valence-corrected chi connectivity index (χ2v) is 8.87. The van der Waals surface area contributed by atoms with Gasteiger partial charge in [0, 0.05) is 23.4 Å². The predicted octanol–water partition coefficient (Wildman–Crippen LogP) is 6.76. The van der Waals surface area contributed by atoms with Crippen LogP contribution in [0, 0.1) is 6.92 Å². The molecular formula is C27H41NO2. The maximum absolute atomic E-state index is 10.4. The summed E-state index contributed by atoms with van der Waals surface area (Å²) in [5.41, 5.74) is 7.87. The molecule has 1 aromatic heterocycles. The number of aryl methyl sites for hydroxylation is 4. The van der Waals surface area contributed by atoms with Crippen LogP contribution in [-0.2, 0) is 24.0 Å². The molecule has 0 aliphatic rings. The molecule has 0 amide bonds. The smallest absolute Gasteiger partial charge is 0.0844 e. The fraction of sp³-hybridized carbons (Fsp3) is 0.593. The number of aromatic nitrogens is 1. The normalized spacial score (nSPS) is 12.9. The van der Waals surface area contributed by atoms with E-state index in [1.54, 1.807) is 0 Å². The van der Waals surface area contributed by atoms with Crippen LogP contribution in [-0.4, -0.2) is 22.3 Å². The van der Waals surface area contributed by atoms with Crippen molar-refractivity contribution in [3.05, 3.63) is 52.2 Å². The Bertz CT molecular complexity index is 792. The minimum absolute atomic E-state index is 0.0606. The topological polar surface area (TPSA) is 42.4 Å². The molecule has 0 aliphatic carbocycles. The van der Waals surface area contributed by atoms with E-state index in [1.165, 1.54) is 27.8 Å². The lowest BCUT2D eigenvalue weighted by Crippen LogP contribution is -2.20. The van der Waals surface area contributed by atoms with Crippen LogP contribution in [0.5, 0.6) is 0 Å². The Kier molecular flexibility index (Phi) is 9.06. The standard InChI is InChI=1S/C27H41NO2/c1-8-13-24(30-11-4)25-19(5)28-23(18-22(25)16-17-27(6,7)29)26-20(9-2)14-12-15-21(26)10-3/h12,14-15,18,24,29H,8-11,13,16-17H2,1-7H3. The molecule has 3 nitrogen and oxygen atoms in total. The first kappa shape index (κ1) is 24.6. The zero-order chi connectivity index (χ0) is 22.3. The first-order valence-electron chi connectivity index (χ1n) is 11.7. The average molecular weight is 412 g/mol.